The number of hydrogen-bond donors (Lipinski definition) is 1. The number of carbonyl (C=O) groups is 1. The summed E-state index contributed by atoms with van der Waals surface area (Å²) in [5.41, 5.74) is 4.03. The normalized spacial score (nSPS) is 16.1. The van der Waals surface area contributed by atoms with Gasteiger partial charge in [-0.2, -0.15) is 20.1 Å². The molecule has 198 valence electrons. The molecular weight excluding hydrogens is 525 g/mol. The van der Waals surface area contributed by atoms with Gasteiger partial charge < -0.3 is 14.5 Å². The molecule has 2 aliphatic heterocycles. The van der Waals surface area contributed by atoms with Crippen molar-refractivity contribution < 1.29 is 9.53 Å². The van der Waals surface area contributed by atoms with Crippen LogP contribution in [0.1, 0.15) is 54.4 Å². The largest absolute Gasteiger partial charge is 0.423 e. The molecule has 0 atom stereocenters. The third-order valence-electron chi connectivity index (χ3n) is 6.51. The Morgan fingerprint density at radius 3 is 2.03 bits per heavy atom. The van der Waals surface area contributed by atoms with Gasteiger partial charge in [-0.15, -0.1) is 0 Å². The van der Waals surface area contributed by atoms with Gasteiger partial charge in [0.15, 0.2) is 0 Å². The highest BCUT2D eigenvalue weighted by atomic mass is 35.5. The van der Waals surface area contributed by atoms with Gasteiger partial charge in [-0.1, -0.05) is 23.2 Å². The third kappa shape index (κ3) is 6.71. The molecular formula is C27H29Cl2N7O2. The Morgan fingerprint density at radius 1 is 0.842 bits per heavy atom. The standard InChI is InChI=1S/C27H29Cl2N7O2/c28-20-9-12-22(23(29)17-20)24(37)38-21-10-7-19(8-11-21)18-30-34-25-31-26(35-13-3-1-4-14-35)33-27(32-25)36-15-5-2-6-16-36/h7-12,17-18H,1-6,13-16H2,(H,31,32,33,34)/b30-18+. The number of nitrogens with one attached hydrogen (secondary N) is 1. The first-order valence-electron chi connectivity index (χ1n) is 12.9. The van der Waals surface area contributed by atoms with Gasteiger partial charge in [0.1, 0.15) is 5.75 Å². The van der Waals surface area contributed by atoms with E-state index in [9.17, 15) is 4.79 Å². The second-order valence-corrected chi connectivity index (χ2v) is 10.2. The Bertz CT molecular complexity index is 1250. The number of benzene rings is 2. The SMILES string of the molecule is O=C(Oc1ccc(/C=N/Nc2nc(N3CCCCC3)nc(N3CCCCC3)n2)cc1)c1ccc(Cl)cc1Cl. The number of aromatic nitrogens is 3. The van der Waals surface area contributed by atoms with Crippen LogP contribution >= 0.6 is 23.2 Å². The molecule has 2 saturated heterocycles. The van der Waals surface area contributed by atoms with Crippen molar-refractivity contribution in [3.8, 4) is 5.75 Å². The van der Waals surface area contributed by atoms with Crippen LogP contribution in [-0.4, -0.2) is 53.3 Å². The monoisotopic (exact) mass is 553 g/mol. The quantitative estimate of drug-likeness (QED) is 0.169. The van der Waals surface area contributed by atoms with Crippen LogP contribution in [0, 0.1) is 0 Å². The number of ether oxygens (including phenoxy) is 1. The molecule has 11 heteroatoms. The molecule has 38 heavy (non-hydrogen) atoms. The minimum absolute atomic E-state index is 0.238. The number of anilines is 3. The lowest BCUT2D eigenvalue weighted by atomic mass is 10.1. The van der Waals surface area contributed by atoms with Gasteiger partial charge in [-0.05, 0) is 86.6 Å². The van der Waals surface area contributed by atoms with Gasteiger partial charge in [0.2, 0.25) is 17.8 Å². The number of hydrogen-bond acceptors (Lipinski definition) is 9. The summed E-state index contributed by atoms with van der Waals surface area (Å²) in [4.78, 5) is 31.0. The lowest BCUT2D eigenvalue weighted by Crippen LogP contribution is -2.34. The molecule has 0 saturated carbocycles. The Morgan fingerprint density at radius 2 is 1.45 bits per heavy atom. The summed E-state index contributed by atoms with van der Waals surface area (Å²) in [6, 6.07) is 11.6. The molecule has 0 bridgehead atoms. The molecule has 1 aromatic heterocycles. The van der Waals surface area contributed by atoms with Gasteiger partial charge in [-0.25, -0.2) is 10.2 Å². The van der Waals surface area contributed by atoms with E-state index in [1.54, 1.807) is 36.5 Å². The summed E-state index contributed by atoms with van der Waals surface area (Å²) < 4.78 is 5.43. The minimum atomic E-state index is -0.557. The molecule has 2 fully saturated rings. The Labute approximate surface area is 231 Å². The van der Waals surface area contributed by atoms with E-state index < -0.39 is 5.97 Å². The zero-order chi connectivity index (χ0) is 26.3. The minimum Gasteiger partial charge on any atom is -0.423 e. The second kappa shape index (κ2) is 12.4. The second-order valence-electron chi connectivity index (χ2n) is 9.31. The lowest BCUT2D eigenvalue weighted by molar-refractivity contribution is 0.0735. The molecule has 3 aromatic rings. The van der Waals surface area contributed by atoms with Crippen LogP contribution in [0.2, 0.25) is 10.0 Å². The molecule has 9 nitrogen and oxygen atoms in total. The van der Waals surface area contributed by atoms with E-state index in [1.165, 1.54) is 25.0 Å². The molecule has 0 radical (unpaired) electrons. The molecule has 1 N–H and O–H groups in total. The number of halogens is 2. The maximum absolute atomic E-state index is 12.4. The van der Waals surface area contributed by atoms with Crippen molar-refractivity contribution in [3.05, 3.63) is 63.6 Å². The van der Waals surface area contributed by atoms with Crippen molar-refractivity contribution in [3.63, 3.8) is 0 Å². The van der Waals surface area contributed by atoms with Crippen molar-refractivity contribution in [1.29, 1.82) is 0 Å². The van der Waals surface area contributed by atoms with E-state index in [1.807, 2.05) is 0 Å². The maximum Gasteiger partial charge on any atom is 0.345 e. The van der Waals surface area contributed by atoms with Gasteiger partial charge in [0, 0.05) is 31.2 Å². The first-order valence-corrected chi connectivity index (χ1v) is 13.6. The summed E-state index contributed by atoms with van der Waals surface area (Å²) in [6.07, 6.45) is 8.71. The van der Waals surface area contributed by atoms with Gasteiger partial charge in [0.05, 0.1) is 16.8 Å². The molecule has 2 aromatic carbocycles. The third-order valence-corrected chi connectivity index (χ3v) is 7.06. The number of hydrazone groups is 1. The van der Waals surface area contributed by atoms with Crippen LogP contribution < -0.4 is 20.0 Å². The summed E-state index contributed by atoms with van der Waals surface area (Å²) in [5, 5.41) is 5.03. The summed E-state index contributed by atoms with van der Waals surface area (Å²) in [6.45, 7) is 3.81. The van der Waals surface area contributed by atoms with Crippen molar-refractivity contribution in [2.24, 2.45) is 5.10 Å². The number of nitrogens with zero attached hydrogens (tertiary/aromatic N) is 6. The fourth-order valence-corrected chi connectivity index (χ4v) is 4.96. The zero-order valence-electron chi connectivity index (χ0n) is 20.9. The Kier molecular flexibility index (Phi) is 8.55. The first-order chi connectivity index (χ1) is 18.5. The molecule has 0 unspecified atom stereocenters. The number of carbonyl (C=O) groups excluding carboxylic acids is 1. The van der Waals surface area contributed by atoms with E-state index in [4.69, 9.17) is 32.9 Å². The predicted molar refractivity (Wildman–Crippen MR) is 151 cm³/mol. The van der Waals surface area contributed by atoms with Crippen LogP contribution in [0.4, 0.5) is 17.8 Å². The lowest BCUT2D eigenvalue weighted by Gasteiger charge is -2.30. The van der Waals surface area contributed by atoms with Crippen molar-refractivity contribution in [1.82, 2.24) is 15.0 Å². The maximum atomic E-state index is 12.4. The van der Waals surface area contributed by atoms with Crippen molar-refractivity contribution in [2.75, 3.05) is 41.4 Å². The first kappa shape index (κ1) is 26.2. The predicted octanol–water partition coefficient (Wildman–Crippen LogP) is 5.82. The molecule has 5 rings (SSSR count). The van der Waals surface area contributed by atoms with Crippen molar-refractivity contribution >= 4 is 53.2 Å². The van der Waals surface area contributed by atoms with E-state index in [0.29, 0.717) is 28.6 Å². The molecule has 0 spiro atoms. The van der Waals surface area contributed by atoms with Crippen LogP contribution in [0.15, 0.2) is 47.6 Å². The van der Waals surface area contributed by atoms with Gasteiger partial charge in [0.25, 0.3) is 0 Å². The van der Waals surface area contributed by atoms with Crippen LogP contribution in [0.5, 0.6) is 5.75 Å². The van der Waals surface area contributed by atoms with Crippen LogP contribution in [-0.2, 0) is 0 Å². The van der Waals surface area contributed by atoms with Gasteiger partial charge >= 0.3 is 5.97 Å². The Hall–Kier alpha value is -3.43. The summed E-state index contributed by atoms with van der Waals surface area (Å²) in [5.74, 6) is 1.65. The molecule has 2 aliphatic rings. The van der Waals surface area contributed by atoms with Crippen molar-refractivity contribution in [2.45, 2.75) is 38.5 Å². The zero-order valence-corrected chi connectivity index (χ0v) is 22.5. The molecule has 3 heterocycles. The van der Waals surface area contributed by atoms with E-state index in [2.05, 4.69) is 30.3 Å². The number of esters is 1. The highest BCUT2D eigenvalue weighted by Gasteiger charge is 2.20. The average molecular weight is 554 g/mol. The topological polar surface area (TPSA) is 95.8 Å². The van der Waals surface area contributed by atoms with Gasteiger partial charge in [-0.3, -0.25) is 0 Å². The average Bonchev–Trinajstić information content (AvgIpc) is 2.95. The summed E-state index contributed by atoms with van der Waals surface area (Å²) in [7, 11) is 0. The highest BCUT2D eigenvalue weighted by molar-refractivity contribution is 6.36. The van der Waals surface area contributed by atoms with Crippen LogP contribution in [0.3, 0.4) is 0 Å². The molecule has 0 amide bonds. The molecule has 0 aliphatic carbocycles. The fourth-order valence-electron chi connectivity index (χ4n) is 4.48. The van der Waals surface area contributed by atoms with E-state index in [0.717, 1.165) is 57.4 Å². The number of piperidine rings is 2. The highest BCUT2D eigenvalue weighted by Crippen LogP contribution is 2.24. The van der Waals surface area contributed by atoms with E-state index in [-0.39, 0.29) is 10.6 Å². The van der Waals surface area contributed by atoms with E-state index >= 15 is 0 Å². The Balaban J connectivity index is 1.25. The number of rotatable bonds is 7. The fraction of sp³-hybridized carbons (Fsp3) is 0.370. The van der Waals surface area contributed by atoms with Crippen LogP contribution in [0.25, 0.3) is 0 Å². The smallest absolute Gasteiger partial charge is 0.345 e. The summed E-state index contributed by atoms with van der Waals surface area (Å²) >= 11 is 12.0.